The maximum Gasteiger partial charge on any atom is 0.253 e. The number of amides is 1. The minimum atomic E-state index is 0.0677. The average molecular weight is 259 g/mol. The summed E-state index contributed by atoms with van der Waals surface area (Å²) in [6.07, 6.45) is 10.5. The topological polar surface area (TPSA) is 54.0 Å². The first-order valence-corrected chi connectivity index (χ1v) is 7.32. The number of pyridine rings is 1. The van der Waals surface area contributed by atoms with Gasteiger partial charge in [0.15, 0.2) is 0 Å². The van der Waals surface area contributed by atoms with Crippen molar-refractivity contribution >= 4 is 5.91 Å². The zero-order chi connectivity index (χ0) is 13.1. The monoisotopic (exact) mass is 259 g/mol. The zero-order valence-electron chi connectivity index (χ0n) is 11.2. The van der Waals surface area contributed by atoms with Gasteiger partial charge in [-0.1, -0.05) is 19.3 Å². The Morgan fingerprint density at radius 1 is 1.26 bits per heavy atom. The van der Waals surface area contributed by atoms with Crippen LogP contribution in [0.5, 0.6) is 0 Å². The van der Waals surface area contributed by atoms with Crippen LogP contribution in [0.1, 0.15) is 53.6 Å². The molecule has 2 N–H and O–H groups in total. The minimum absolute atomic E-state index is 0.0677. The van der Waals surface area contributed by atoms with Gasteiger partial charge in [-0.15, -0.1) is 0 Å². The van der Waals surface area contributed by atoms with Crippen LogP contribution in [0.3, 0.4) is 0 Å². The molecule has 1 amide bonds. The van der Waals surface area contributed by atoms with Gasteiger partial charge in [0.05, 0.1) is 5.56 Å². The molecule has 1 aromatic heterocycles. The molecule has 0 saturated heterocycles. The highest BCUT2D eigenvalue weighted by Gasteiger charge is 2.21. The van der Waals surface area contributed by atoms with Crippen LogP contribution in [-0.2, 0) is 13.0 Å². The van der Waals surface area contributed by atoms with Crippen LogP contribution >= 0.6 is 0 Å². The molecule has 0 spiro atoms. The van der Waals surface area contributed by atoms with Crippen LogP contribution in [0, 0.1) is 0 Å². The lowest BCUT2D eigenvalue weighted by Crippen LogP contribution is -2.37. The molecule has 2 aliphatic rings. The van der Waals surface area contributed by atoms with E-state index in [1.54, 1.807) is 6.20 Å². The summed E-state index contributed by atoms with van der Waals surface area (Å²) >= 11 is 0. The third-order valence-corrected chi connectivity index (χ3v) is 4.20. The maximum absolute atomic E-state index is 12.4. The third kappa shape index (κ3) is 2.78. The molecular weight excluding hydrogens is 238 g/mol. The van der Waals surface area contributed by atoms with Gasteiger partial charge in [0.25, 0.3) is 5.91 Å². The van der Waals surface area contributed by atoms with Gasteiger partial charge in [0.2, 0.25) is 0 Å². The van der Waals surface area contributed by atoms with Crippen molar-refractivity contribution in [2.45, 2.75) is 51.1 Å². The molecule has 102 valence electrons. The van der Waals surface area contributed by atoms with Crippen molar-refractivity contribution in [1.82, 2.24) is 15.6 Å². The summed E-state index contributed by atoms with van der Waals surface area (Å²) in [4.78, 5) is 16.6. The smallest absolute Gasteiger partial charge is 0.253 e. The minimum Gasteiger partial charge on any atom is -0.349 e. The van der Waals surface area contributed by atoms with Crippen molar-refractivity contribution < 1.29 is 4.79 Å². The molecule has 1 aromatic rings. The molecule has 1 aliphatic carbocycles. The average Bonchev–Trinajstić information content (AvgIpc) is 2.47. The first-order valence-electron chi connectivity index (χ1n) is 7.32. The van der Waals surface area contributed by atoms with E-state index in [1.807, 2.05) is 6.20 Å². The van der Waals surface area contributed by atoms with Crippen LogP contribution in [0.25, 0.3) is 0 Å². The molecule has 1 fully saturated rings. The Kier molecular flexibility index (Phi) is 3.78. The van der Waals surface area contributed by atoms with Crippen molar-refractivity contribution in [2.24, 2.45) is 0 Å². The highest BCUT2D eigenvalue weighted by Crippen LogP contribution is 2.20. The number of nitrogens with one attached hydrogen (secondary N) is 2. The van der Waals surface area contributed by atoms with Gasteiger partial charge in [-0.3, -0.25) is 9.78 Å². The molecule has 0 unspecified atom stereocenters. The molecule has 2 heterocycles. The summed E-state index contributed by atoms with van der Waals surface area (Å²) in [5.41, 5.74) is 3.13. The van der Waals surface area contributed by atoms with E-state index in [0.717, 1.165) is 37.9 Å². The number of hydrogen-bond acceptors (Lipinski definition) is 3. The first kappa shape index (κ1) is 12.6. The van der Waals surface area contributed by atoms with Crippen molar-refractivity contribution in [3.05, 3.63) is 29.1 Å². The van der Waals surface area contributed by atoms with Crippen molar-refractivity contribution in [3.8, 4) is 0 Å². The lowest BCUT2D eigenvalue weighted by molar-refractivity contribution is 0.0926. The Bertz CT molecular complexity index is 466. The predicted octanol–water partition coefficient (Wildman–Crippen LogP) is 1.79. The van der Waals surface area contributed by atoms with Crippen LogP contribution < -0.4 is 10.6 Å². The SMILES string of the molecule is O=C(NC1CCCCC1)c1cncc2c1CCNC2. The van der Waals surface area contributed by atoms with Gasteiger partial charge in [-0.25, -0.2) is 0 Å². The van der Waals surface area contributed by atoms with Gasteiger partial charge < -0.3 is 10.6 Å². The van der Waals surface area contributed by atoms with E-state index in [1.165, 1.54) is 30.4 Å². The fraction of sp³-hybridized carbons (Fsp3) is 0.600. The van der Waals surface area contributed by atoms with E-state index in [2.05, 4.69) is 15.6 Å². The second-order valence-corrected chi connectivity index (χ2v) is 5.56. The van der Waals surface area contributed by atoms with Crippen LogP contribution in [0.4, 0.5) is 0 Å². The molecule has 1 saturated carbocycles. The lowest BCUT2D eigenvalue weighted by atomic mass is 9.94. The van der Waals surface area contributed by atoms with Crippen molar-refractivity contribution in [3.63, 3.8) is 0 Å². The normalized spacial score (nSPS) is 19.8. The van der Waals surface area contributed by atoms with Gasteiger partial charge in [0, 0.05) is 25.0 Å². The van der Waals surface area contributed by atoms with Crippen LogP contribution in [0.15, 0.2) is 12.4 Å². The Morgan fingerprint density at radius 2 is 2.11 bits per heavy atom. The van der Waals surface area contributed by atoms with Crippen molar-refractivity contribution in [1.29, 1.82) is 0 Å². The molecule has 4 heteroatoms. The molecule has 19 heavy (non-hydrogen) atoms. The lowest BCUT2D eigenvalue weighted by Gasteiger charge is -2.24. The number of aromatic nitrogens is 1. The van der Waals surface area contributed by atoms with Crippen LogP contribution in [0.2, 0.25) is 0 Å². The quantitative estimate of drug-likeness (QED) is 0.851. The molecule has 1 aliphatic heterocycles. The number of rotatable bonds is 2. The number of nitrogens with zero attached hydrogens (tertiary/aromatic N) is 1. The molecule has 0 radical (unpaired) electrons. The van der Waals surface area contributed by atoms with E-state index in [9.17, 15) is 4.79 Å². The summed E-state index contributed by atoms with van der Waals surface area (Å²) in [5, 5.41) is 6.50. The number of fused-ring (bicyclic) bond motifs is 1. The van der Waals surface area contributed by atoms with Gasteiger partial charge in [-0.2, -0.15) is 0 Å². The Morgan fingerprint density at radius 3 is 2.95 bits per heavy atom. The van der Waals surface area contributed by atoms with E-state index in [0.29, 0.717) is 6.04 Å². The van der Waals surface area contributed by atoms with Gasteiger partial charge >= 0.3 is 0 Å². The summed E-state index contributed by atoms with van der Waals surface area (Å²) in [6, 6.07) is 0.360. The van der Waals surface area contributed by atoms with E-state index in [-0.39, 0.29) is 5.91 Å². The Labute approximate surface area is 114 Å². The highest BCUT2D eigenvalue weighted by molar-refractivity contribution is 5.96. The number of carbonyl (C=O) groups is 1. The van der Waals surface area contributed by atoms with Crippen molar-refractivity contribution in [2.75, 3.05) is 6.54 Å². The highest BCUT2D eigenvalue weighted by atomic mass is 16.1. The standard InChI is InChI=1S/C15H21N3O/c19-15(18-12-4-2-1-3-5-12)14-10-17-9-11-8-16-7-6-13(11)14/h9-10,12,16H,1-8H2,(H,18,19). The maximum atomic E-state index is 12.4. The fourth-order valence-corrected chi connectivity index (χ4v) is 3.12. The fourth-order valence-electron chi connectivity index (χ4n) is 3.12. The Hall–Kier alpha value is -1.42. The van der Waals surface area contributed by atoms with E-state index in [4.69, 9.17) is 0 Å². The third-order valence-electron chi connectivity index (χ3n) is 4.20. The van der Waals surface area contributed by atoms with Crippen LogP contribution in [-0.4, -0.2) is 23.5 Å². The number of carbonyl (C=O) groups excluding carboxylic acids is 1. The predicted molar refractivity (Wildman–Crippen MR) is 74.0 cm³/mol. The summed E-state index contributed by atoms with van der Waals surface area (Å²) in [7, 11) is 0. The Balaban J connectivity index is 1.75. The number of hydrogen-bond donors (Lipinski definition) is 2. The molecular formula is C15H21N3O. The first-order chi connectivity index (χ1) is 9.34. The van der Waals surface area contributed by atoms with Gasteiger partial charge in [-0.05, 0) is 36.9 Å². The van der Waals surface area contributed by atoms with E-state index < -0.39 is 0 Å². The largest absolute Gasteiger partial charge is 0.349 e. The summed E-state index contributed by atoms with van der Waals surface area (Å²) in [5.74, 6) is 0.0677. The molecule has 0 atom stereocenters. The molecule has 0 aromatic carbocycles. The summed E-state index contributed by atoms with van der Waals surface area (Å²) in [6.45, 7) is 1.77. The van der Waals surface area contributed by atoms with E-state index >= 15 is 0 Å². The molecule has 0 bridgehead atoms. The second-order valence-electron chi connectivity index (χ2n) is 5.56. The zero-order valence-corrected chi connectivity index (χ0v) is 11.2. The molecule has 3 rings (SSSR count). The molecule has 4 nitrogen and oxygen atoms in total. The summed E-state index contributed by atoms with van der Waals surface area (Å²) < 4.78 is 0. The van der Waals surface area contributed by atoms with Gasteiger partial charge in [0.1, 0.15) is 0 Å². The second kappa shape index (κ2) is 5.70.